The number of anilines is 1. The summed E-state index contributed by atoms with van der Waals surface area (Å²) in [5.74, 6) is 1.01. The Kier molecular flexibility index (Phi) is 4.73. The molecule has 0 spiro atoms. The number of nitrogens with one attached hydrogen (secondary N) is 1. The van der Waals surface area contributed by atoms with Crippen molar-refractivity contribution < 1.29 is 17.9 Å². The maximum atomic E-state index is 12.9. The molecule has 1 aliphatic heterocycles. The van der Waals surface area contributed by atoms with E-state index < -0.39 is 10.0 Å². The number of hydrogen-bond acceptors (Lipinski definition) is 4. The van der Waals surface area contributed by atoms with Crippen molar-refractivity contribution in [1.82, 2.24) is 0 Å². The molecular formula is C21H19NO4S. The Bertz CT molecular complexity index is 1050. The van der Waals surface area contributed by atoms with E-state index in [2.05, 4.69) is 4.72 Å². The number of ether oxygens (including phenoxy) is 2. The van der Waals surface area contributed by atoms with Crippen LogP contribution in [0.15, 0.2) is 77.7 Å². The summed E-state index contributed by atoms with van der Waals surface area (Å²) in [5.41, 5.74) is 2.59. The third-order valence-corrected chi connectivity index (χ3v) is 5.69. The van der Waals surface area contributed by atoms with Gasteiger partial charge in [-0.15, -0.1) is 0 Å². The standard InChI is InChI=1S/C21H19NO4S/c23-27(24,18-10-11-20-21(15-18)26-13-12-25-20)22-19-9-5-4-8-17(19)14-16-6-2-1-3-7-16/h1-11,15,22H,12-14H2. The lowest BCUT2D eigenvalue weighted by molar-refractivity contribution is 0.171. The van der Waals surface area contributed by atoms with Crippen LogP contribution in [-0.4, -0.2) is 21.6 Å². The normalized spacial score (nSPS) is 13.2. The molecule has 138 valence electrons. The molecule has 5 nitrogen and oxygen atoms in total. The fraction of sp³-hybridized carbons (Fsp3) is 0.143. The summed E-state index contributed by atoms with van der Waals surface area (Å²) in [6.07, 6.45) is 0.640. The van der Waals surface area contributed by atoms with Gasteiger partial charge in [0.15, 0.2) is 11.5 Å². The van der Waals surface area contributed by atoms with Gasteiger partial charge in [0.05, 0.1) is 10.6 Å². The molecular weight excluding hydrogens is 362 g/mol. The molecule has 0 bridgehead atoms. The molecule has 3 aromatic rings. The van der Waals surface area contributed by atoms with Gasteiger partial charge in [0, 0.05) is 6.07 Å². The number of hydrogen-bond donors (Lipinski definition) is 1. The predicted octanol–water partition coefficient (Wildman–Crippen LogP) is 3.85. The van der Waals surface area contributed by atoms with Crippen molar-refractivity contribution in [3.05, 3.63) is 83.9 Å². The first-order valence-electron chi connectivity index (χ1n) is 8.66. The highest BCUT2D eigenvalue weighted by atomic mass is 32.2. The lowest BCUT2D eigenvalue weighted by Gasteiger charge is -2.19. The van der Waals surface area contributed by atoms with Crippen LogP contribution in [0, 0.1) is 0 Å². The van der Waals surface area contributed by atoms with Crippen LogP contribution < -0.4 is 14.2 Å². The van der Waals surface area contributed by atoms with Crippen LogP contribution in [0.1, 0.15) is 11.1 Å². The molecule has 0 saturated heterocycles. The summed E-state index contributed by atoms with van der Waals surface area (Å²) in [4.78, 5) is 0.140. The highest BCUT2D eigenvalue weighted by Gasteiger charge is 2.20. The highest BCUT2D eigenvalue weighted by Crippen LogP contribution is 2.33. The second-order valence-corrected chi connectivity index (χ2v) is 7.91. The SMILES string of the molecule is O=S(=O)(Nc1ccccc1Cc1ccccc1)c1ccc2c(c1)OCCO2. The van der Waals surface area contributed by atoms with Gasteiger partial charge in [0.1, 0.15) is 13.2 Å². The Hall–Kier alpha value is -2.99. The first kappa shape index (κ1) is 17.4. The molecule has 0 atom stereocenters. The minimum absolute atomic E-state index is 0.140. The molecule has 0 aliphatic carbocycles. The van der Waals surface area contributed by atoms with E-state index in [1.165, 1.54) is 12.1 Å². The molecule has 4 rings (SSSR count). The van der Waals surface area contributed by atoms with E-state index in [1.54, 1.807) is 12.1 Å². The van der Waals surface area contributed by atoms with Gasteiger partial charge < -0.3 is 9.47 Å². The molecule has 0 amide bonds. The van der Waals surface area contributed by atoms with Gasteiger partial charge in [-0.05, 0) is 35.7 Å². The minimum Gasteiger partial charge on any atom is -0.486 e. The number of sulfonamides is 1. The van der Waals surface area contributed by atoms with Crippen molar-refractivity contribution >= 4 is 15.7 Å². The van der Waals surface area contributed by atoms with E-state index in [9.17, 15) is 8.42 Å². The Balaban J connectivity index is 1.62. The third-order valence-electron chi connectivity index (χ3n) is 4.32. The molecule has 0 saturated carbocycles. The summed E-state index contributed by atoms with van der Waals surface area (Å²) < 4.78 is 39.4. The van der Waals surface area contributed by atoms with Gasteiger partial charge in [0.2, 0.25) is 0 Å². The van der Waals surface area contributed by atoms with E-state index in [1.807, 2.05) is 48.5 Å². The van der Waals surface area contributed by atoms with Gasteiger partial charge in [-0.1, -0.05) is 48.5 Å². The van der Waals surface area contributed by atoms with E-state index in [-0.39, 0.29) is 4.90 Å². The number of fused-ring (bicyclic) bond motifs is 1. The van der Waals surface area contributed by atoms with Gasteiger partial charge >= 0.3 is 0 Å². The van der Waals surface area contributed by atoms with Crippen LogP contribution in [-0.2, 0) is 16.4 Å². The molecule has 27 heavy (non-hydrogen) atoms. The molecule has 3 aromatic carbocycles. The van der Waals surface area contributed by atoms with E-state index in [4.69, 9.17) is 9.47 Å². The van der Waals surface area contributed by atoms with Gasteiger partial charge in [-0.2, -0.15) is 0 Å². The van der Waals surface area contributed by atoms with Crippen LogP contribution in [0.25, 0.3) is 0 Å². The Morgan fingerprint density at radius 3 is 2.33 bits per heavy atom. The van der Waals surface area contributed by atoms with Crippen molar-refractivity contribution in [3.63, 3.8) is 0 Å². The molecule has 1 aliphatic rings. The maximum absolute atomic E-state index is 12.9. The van der Waals surface area contributed by atoms with Gasteiger partial charge in [-0.25, -0.2) is 8.42 Å². The summed E-state index contributed by atoms with van der Waals surface area (Å²) >= 11 is 0. The van der Waals surface area contributed by atoms with Gasteiger partial charge in [-0.3, -0.25) is 4.72 Å². The second-order valence-electron chi connectivity index (χ2n) is 6.23. The number of rotatable bonds is 5. The van der Waals surface area contributed by atoms with Gasteiger partial charge in [0.25, 0.3) is 10.0 Å². The minimum atomic E-state index is -3.75. The van der Waals surface area contributed by atoms with Crippen molar-refractivity contribution in [3.8, 4) is 11.5 Å². The van der Waals surface area contributed by atoms with E-state index in [0.717, 1.165) is 11.1 Å². The van der Waals surface area contributed by atoms with Crippen LogP contribution >= 0.6 is 0 Å². The van der Waals surface area contributed by atoms with E-state index >= 15 is 0 Å². The first-order chi connectivity index (χ1) is 13.1. The van der Waals surface area contributed by atoms with Crippen molar-refractivity contribution in [2.75, 3.05) is 17.9 Å². The van der Waals surface area contributed by atoms with Crippen molar-refractivity contribution in [2.24, 2.45) is 0 Å². The van der Waals surface area contributed by atoms with E-state index in [0.29, 0.717) is 36.8 Å². The Labute approximate surface area is 158 Å². The smallest absolute Gasteiger partial charge is 0.262 e. The third kappa shape index (κ3) is 3.90. The number of para-hydroxylation sites is 1. The van der Waals surface area contributed by atoms with Crippen molar-refractivity contribution in [1.29, 1.82) is 0 Å². The molecule has 0 unspecified atom stereocenters. The van der Waals surface area contributed by atoms with Crippen LogP contribution in [0.3, 0.4) is 0 Å². The molecule has 1 N–H and O–H groups in total. The lowest BCUT2D eigenvalue weighted by Crippen LogP contribution is -2.17. The largest absolute Gasteiger partial charge is 0.486 e. The molecule has 0 aromatic heterocycles. The summed E-state index contributed by atoms with van der Waals surface area (Å²) in [5, 5.41) is 0. The summed E-state index contributed by atoms with van der Waals surface area (Å²) in [7, 11) is -3.75. The lowest BCUT2D eigenvalue weighted by atomic mass is 10.0. The molecule has 0 radical (unpaired) electrons. The Morgan fingerprint density at radius 2 is 1.52 bits per heavy atom. The zero-order valence-electron chi connectivity index (χ0n) is 14.6. The predicted molar refractivity (Wildman–Crippen MR) is 104 cm³/mol. The summed E-state index contributed by atoms with van der Waals surface area (Å²) in [6.45, 7) is 0.869. The zero-order valence-corrected chi connectivity index (χ0v) is 15.4. The first-order valence-corrected chi connectivity index (χ1v) is 10.1. The Morgan fingerprint density at radius 1 is 0.815 bits per heavy atom. The topological polar surface area (TPSA) is 64.6 Å². The maximum Gasteiger partial charge on any atom is 0.262 e. The monoisotopic (exact) mass is 381 g/mol. The fourth-order valence-corrected chi connectivity index (χ4v) is 4.10. The average Bonchev–Trinajstić information content (AvgIpc) is 2.70. The van der Waals surface area contributed by atoms with Crippen LogP contribution in [0.4, 0.5) is 5.69 Å². The average molecular weight is 381 g/mol. The molecule has 6 heteroatoms. The van der Waals surface area contributed by atoms with Crippen LogP contribution in [0.5, 0.6) is 11.5 Å². The van der Waals surface area contributed by atoms with Crippen LogP contribution in [0.2, 0.25) is 0 Å². The van der Waals surface area contributed by atoms with Crippen molar-refractivity contribution in [2.45, 2.75) is 11.3 Å². The number of benzene rings is 3. The zero-order chi connectivity index (χ0) is 18.7. The molecule has 0 fully saturated rings. The molecule has 1 heterocycles. The summed E-state index contributed by atoms with van der Waals surface area (Å²) in [6, 6.07) is 22.0. The fourth-order valence-electron chi connectivity index (χ4n) is 2.98. The quantitative estimate of drug-likeness (QED) is 0.729. The second kappa shape index (κ2) is 7.32. The highest BCUT2D eigenvalue weighted by molar-refractivity contribution is 7.92.